The SMILES string of the molecule is Cl.Cn1nc(C2CCNCC2)nc1NC(=O)c1cc2cc([N+](=O)[O-])ccc2s1. The molecule has 1 aromatic carbocycles. The van der Waals surface area contributed by atoms with Crippen LogP contribution in [0.2, 0.25) is 0 Å². The van der Waals surface area contributed by atoms with E-state index in [1.807, 2.05) is 0 Å². The number of aromatic nitrogens is 3. The van der Waals surface area contributed by atoms with E-state index in [9.17, 15) is 14.9 Å². The number of non-ortho nitro benzene ring substituents is 1. The minimum absolute atomic E-state index is 0. The van der Waals surface area contributed by atoms with Gasteiger partial charge in [0.2, 0.25) is 5.95 Å². The van der Waals surface area contributed by atoms with Gasteiger partial charge in [0.05, 0.1) is 9.80 Å². The monoisotopic (exact) mass is 422 g/mol. The van der Waals surface area contributed by atoms with Crippen molar-refractivity contribution in [2.24, 2.45) is 7.05 Å². The average molecular weight is 423 g/mol. The minimum Gasteiger partial charge on any atom is -0.317 e. The summed E-state index contributed by atoms with van der Waals surface area (Å²) in [6.07, 6.45) is 1.96. The van der Waals surface area contributed by atoms with E-state index >= 15 is 0 Å². The molecule has 0 radical (unpaired) electrons. The van der Waals surface area contributed by atoms with E-state index in [2.05, 4.69) is 20.7 Å². The Balaban J connectivity index is 0.00000225. The Bertz CT molecular complexity index is 1030. The molecule has 0 aliphatic carbocycles. The van der Waals surface area contributed by atoms with E-state index < -0.39 is 4.92 Å². The summed E-state index contributed by atoms with van der Waals surface area (Å²) >= 11 is 1.29. The second-order valence-electron chi connectivity index (χ2n) is 6.49. The number of rotatable bonds is 4. The molecular weight excluding hydrogens is 404 g/mol. The maximum absolute atomic E-state index is 12.6. The standard InChI is InChI=1S/C17H18N6O3S.ClH/c1-22-17(19-15(21-22)10-4-6-18-7-5-10)20-16(24)14-9-11-8-12(23(25)26)2-3-13(11)27-14;/h2-3,8-10,18H,4-7H2,1H3,(H,19,20,21,24);1H. The molecular formula is C17H19ClN6O3S. The number of hydrogen-bond acceptors (Lipinski definition) is 7. The number of thiophene rings is 1. The number of nitrogens with one attached hydrogen (secondary N) is 2. The molecule has 3 heterocycles. The second kappa shape index (κ2) is 8.21. The Morgan fingerprint density at radius 3 is 2.82 bits per heavy atom. The van der Waals surface area contributed by atoms with Crippen LogP contribution in [0.25, 0.3) is 10.1 Å². The summed E-state index contributed by atoms with van der Waals surface area (Å²) < 4.78 is 2.40. The summed E-state index contributed by atoms with van der Waals surface area (Å²) in [5.74, 6) is 1.15. The van der Waals surface area contributed by atoms with E-state index in [0.717, 1.165) is 36.5 Å². The van der Waals surface area contributed by atoms with E-state index in [4.69, 9.17) is 0 Å². The fourth-order valence-corrected chi connectivity index (χ4v) is 4.12. The highest BCUT2D eigenvalue weighted by Gasteiger charge is 2.22. The zero-order valence-electron chi connectivity index (χ0n) is 15.0. The average Bonchev–Trinajstić information content (AvgIpc) is 3.25. The summed E-state index contributed by atoms with van der Waals surface area (Å²) in [5, 5.41) is 22.1. The van der Waals surface area contributed by atoms with E-state index in [0.29, 0.717) is 22.1 Å². The maximum atomic E-state index is 12.6. The molecule has 11 heteroatoms. The molecule has 2 N–H and O–H groups in total. The number of carbonyl (C=O) groups excluding carboxylic acids is 1. The number of nitrogens with zero attached hydrogens (tertiary/aromatic N) is 4. The molecule has 1 amide bonds. The van der Waals surface area contributed by atoms with Crippen LogP contribution in [0, 0.1) is 10.1 Å². The largest absolute Gasteiger partial charge is 0.317 e. The van der Waals surface area contributed by atoms with Gasteiger partial charge >= 0.3 is 0 Å². The molecule has 0 atom stereocenters. The van der Waals surface area contributed by atoms with Crippen molar-refractivity contribution >= 4 is 51.4 Å². The number of nitro groups is 1. The lowest BCUT2D eigenvalue weighted by Gasteiger charge is -2.19. The lowest BCUT2D eigenvalue weighted by Crippen LogP contribution is -2.27. The lowest BCUT2D eigenvalue weighted by molar-refractivity contribution is -0.384. The predicted molar refractivity (Wildman–Crippen MR) is 110 cm³/mol. The van der Waals surface area contributed by atoms with Gasteiger partial charge in [-0.1, -0.05) is 0 Å². The number of hydrogen-bond donors (Lipinski definition) is 2. The van der Waals surface area contributed by atoms with E-state index in [1.54, 1.807) is 23.9 Å². The van der Waals surface area contributed by atoms with Crippen LogP contribution in [-0.4, -0.2) is 38.7 Å². The van der Waals surface area contributed by atoms with Crippen LogP contribution in [0.5, 0.6) is 0 Å². The van der Waals surface area contributed by atoms with Crippen LogP contribution < -0.4 is 10.6 Å². The number of amides is 1. The van der Waals surface area contributed by atoms with Crippen LogP contribution in [0.1, 0.15) is 34.3 Å². The van der Waals surface area contributed by atoms with E-state index in [1.165, 1.54) is 23.5 Å². The third kappa shape index (κ3) is 3.98. The van der Waals surface area contributed by atoms with Crippen molar-refractivity contribution in [1.82, 2.24) is 20.1 Å². The Morgan fingerprint density at radius 2 is 2.11 bits per heavy atom. The van der Waals surface area contributed by atoms with E-state index in [-0.39, 0.29) is 24.0 Å². The third-order valence-corrected chi connectivity index (χ3v) is 5.76. The van der Waals surface area contributed by atoms with Gasteiger partial charge in [0, 0.05) is 35.2 Å². The van der Waals surface area contributed by atoms with Crippen molar-refractivity contribution in [3.05, 3.63) is 45.1 Å². The molecule has 1 saturated heterocycles. The Kier molecular flexibility index (Phi) is 5.92. The number of fused-ring (bicyclic) bond motifs is 1. The normalized spacial score (nSPS) is 14.6. The molecule has 0 spiro atoms. The molecule has 28 heavy (non-hydrogen) atoms. The maximum Gasteiger partial charge on any atom is 0.270 e. The first-order chi connectivity index (χ1) is 13.0. The molecule has 1 aliphatic rings. The number of aryl methyl sites for hydroxylation is 1. The van der Waals surface area contributed by atoms with Crippen LogP contribution in [0.3, 0.4) is 0 Å². The fraction of sp³-hybridized carbons (Fsp3) is 0.353. The smallest absolute Gasteiger partial charge is 0.270 e. The van der Waals surface area contributed by atoms with Crippen molar-refractivity contribution in [3.63, 3.8) is 0 Å². The molecule has 148 valence electrons. The Hall–Kier alpha value is -2.56. The van der Waals surface area contributed by atoms with Crippen LogP contribution in [0.4, 0.5) is 11.6 Å². The fourth-order valence-electron chi connectivity index (χ4n) is 3.19. The van der Waals surface area contributed by atoms with Crippen molar-refractivity contribution in [2.45, 2.75) is 18.8 Å². The summed E-state index contributed by atoms with van der Waals surface area (Å²) in [5.41, 5.74) is 0.00664. The van der Waals surface area contributed by atoms with Crippen molar-refractivity contribution < 1.29 is 9.72 Å². The molecule has 3 aromatic rings. The summed E-state index contributed by atoms with van der Waals surface area (Å²) in [7, 11) is 1.75. The van der Waals surface area contributed by atoms with Gasteiger partial charge in [0.25, 0.3) is 11.6 Å². The van der Waals surface area contributed by atoms with Crippen LogP contribution >= 0.6 is 23.7 Å². The molecule has 2 aromatic heterocycles. The number of benzene rings is 1. The number of piperidine rings is 1. The van der Waals surface area contributed by atoms with Gasteiger partial charge in [-0.3, -0.25) is 20.2 Å². The molecule has 1 fully saturated rings. The topological polar surface area (TPSA) is 115 Å². The number of carbonyl (C=O) groups is 1. The Labute approximate surface area is 170 Å². The van der Waals surface area contributed by atoms with Gasteiger partial charge in [-0.05, 0) is 38.1 Å². The molecule has 4 rings (SSSR count). The molecule has 1 aliphatic heterocycles. The first kappa shape index (κ1) is 20.2. The highest BCUT2D eigenvalue weighted by molar-refractivity contribution is 7.20. The number of anilines is 1. The first-order valence-electron chi connectivity index (χ1n) is 8.62. The minimum atomic E-state index is -0.446. The van der Waals surface area contributed by atoms with Gasteiger partial charge in [0.15, 0.2) is 5.82 Å². The zero-order valence-corrected chi connectivity index (χ0v) is 16.7. The van der Waals surface area contributed by atoms with Crippen LogP contribution in [0.15, 0.2) is 24.3 Å². The molecule has 0 saturated carbocycles. The predicted octanol–water partition coefficient (Wildman–Crippen LogP) is 3.08. The Morgan fingerprint density at radius 1 is 1.36 bits per heavy atom. The van der Waals surface area contributed by atoms with Crippen molar-refractivity contribution in [3.8, 4) is 0 Å². The summed E-state index contributed by atoms with van der Waals surface area (Å²) in [4.78, 5) is 28.0. The molecule has 9 nitrogen and oxygen atoms in total. The zero-order chi connectivity index (χ0) is 19.0. The highest BCUT2D eigenvalue weighted by atomic mass is 35.5. The van der Waals surface area contributed by atoms with Crippen LogP contribution in [-0.2, 0) is 7.05 Å². The third-order valence-electron chi connectivity index (χ3n) is 4.64. The molecule has 0 unspecified atom stereocenters. The first-order valence-corrected chi connectivity index (χ1v) is 9.44. The van der Waals surface area contributed by atoms with Crippen molar-refractivity contribution in [1.29, 1.82) is 0 Å². The lowest BCUT2D eigenvalue weighted by atomic mass is 9.98. The number of nitro benzene ring substituents is 1. The van der Waals surface area contributed by atoms with Gasteiger partial charge in [-0.25, -0.2) is 4.68 Å². The summed E-state index contributed by atoms with van der Waals surface area (Å²) in [6, 6.07) is 6.23. The van der Waals surface area contributed by atoms with Gasteiger partial charge in [0.1, 0.15) is 0 Å². The summed E-state index contributed by atoms with van der Waals surface area (Å²) in [6.45, 7) is 1.89. The molecule has 0 bridgehead atoms. The number of halogens is 1. The van der Waals surface area contributed by atoms with Gasteiger partial charge in [-0.2, -0.15) is 10.1 Å². The van der Waals surface area contributed by atoms with Crippen molar-refractivity contribution in [2.75, 3.05) is 18.4 Å². The highest BCUT2D eigenvalue weighted by Crippen LogP contribution is 2.29. The van der Waals surface area contributed by atoms with Gasteiger partial charge in [-0.15, -0.1) is 23.7 Å². The van der Waals surface area contributed by atoms with Gasteiger partial charge < -0.3 is 5.32 Å². The second-order valence-corrected chi connectivity index (χ2v) is 7.57. The quantitative estimate of drug-likeness (QED) is 0.493.